The molecule has 1 aliphatic heterocycles. The Morgan fingerprint density at radius 3 is 2.35 bits per heavy atom. The summed E-state index contributed by atoms with van der Waals surface area (Å²) >= 11 is 0. The number of benzene rings is 2. The number of aliphatic hydroxyl groups excluding tert-OH is 1. The highest BCUT2D eigenvalue weighted by atomic mass is 16.5. The van der Waals surface area contributed by atoms with Crippen molar-refractivity contribution in [3.8, 4) is 0 Å². The highest BCUT2D eigenvalue weighted by molar-refractivity contribution is 6.02. The fourth-order valence-corrected chi connectivity index (χ4v) is 5.88. The Bertz CT molecular complexity index is 1160. The number of para-hydroxylation sites is 1. The average Bonchev–Trinajstić information content (AvgIpc) is 3.17. The first-order valence-corrected chi connectivity index (χ1v) is 13.0. The van der Waals surface area contributed by atoms with Crippen LogP contribution in [-0.4, -0.2) is 53.1 Å². The number of aryl methyl sites for hydroxylation is 2. The molecule has 2 amide bonds. The Morgan fingerprint density at radius 1 is 1.05 bits per heavy atom. The summed E-state index contributed by atoms with van der Waals surface area (Å²) < 4.78 is 5.36. The molecule has 4 rings (SSSR count). The Kier molecular flexibility index (Phi) is 8.13. The van der Waals surface area contributed by atoms with Gasteiger partial charge in [-0.3, -0.25) is 14.4 Å². The molecule has 1 fully saturated rings. The van der Waals surface area contributed by atoms with E-state index >= 15 is 0 Å². The van der Waals surface area contributed by atoms with Gasteiger partial charge in [-0.2, -0.15) is 0 Å². The monoisotopic (exact) mass is 504 g/mol. The summed E-state index contributed by atoms with van der Waals surface area (Å²) in [6, 6.07) is 13.9. The van der Waals surface area contributed by atoms with Gasteiger partial charge in [-0.05, 0) is 49.8 Å². The van der Waals surface area contributed by atoms with E-state index in [-0.39, 0.29) is 30.9 Å². The minimum atomic E-state index is -0.877. The number of amides is 2. The Labute approximate surface area is 218 Å². The summed E-state index contributed by atoms with van der Waals surface area (Å²) in [6.45, 7) is 7.39. The van der Waals surface area contributed by atoms with Crippen LogP contribution in [-0.2, 0) is 25.5 Å². The quantitative estimate of drug-likeness (QED) is 0.422. The van der Waals surface area contributed by atoms with Crippen molar-refractivity contribution >= 4 is 23.5 Å². The number of esters is 1. The summed E-state index contributed by atoms with van der Waals surface area (Å²) in [4.78, 5) is 42.6. The number of carbonyl (C=O) groups is 3. The normalized spacial score (nSPS) is 25.5. The second kappa shape index (κ2) is 11.3. The number of anilines is 1. The molecule has 6 atom stereocenters. The zero-order valence-corrected chi connectivity index (χ0v) is 21.9. The smallest absolute Gasteiger partial charge is 0.310 e. The van der Waals surface area contributed by atoms with Crippen molar-refractivity contribution in [1.29, 1.82) is 0 Å². The molecule has 0 spiro atoms. The van der Waals surface area contributed by atoms with E-state index in [1.807, 2.05) is 81.5 Å². The number of hydrogen-bond acceptors (Lipinski definition) is 5. The van der Waals surface area contributed by atoms with Gasteiger partial charge in [-0.25, -0.2) is 0 Å². The van der Waals surface area contributed by atoms with Crippen molar-refractivity contribution in [3.63, 3.8) is 0 Å². The van der Waals surface area contributed by atoms with Crippen LogP contribution >= 0.6 is 0 Å². The third-order valence-corrected chi connectivity index (χ3v) is 7.68. The van der Waals surface area contributed by atoms with Gasteiger partial charge in [0.2, 0.25) is 11.8 Å². The van der Waals surface area contributed by atoms with Crippen LogP contribution in [0.2, 0.25) is 0 Å². The van der Waals surface area contributed by atoms with Gasteiger partial charge in [-0.15, -0.1) is 0 Å². The molecule has 0 radical (unpaired) electrons. The molecule has 1 heterocycles. The van der Waals surface area contributed by atoms with Crippen LogP contribution in [0.4, 0.5) is 5.69 Å². The summed E-state index contributed by atoms with van der Waals surface area (Å²) in [5.41, 5.74) is 3.49. The van der Waals surface area contributed by atoms with Crippen LogP contribution in [0.3, 0.4) is 0 Å². The summed E-state index contributed by atoms with van der Waals surface area (Å²) in [5.74, 6) is -3.22. The van der Waals surface area contributed by atoms with Crippen LogP contribution in [0.15, 0.2) is 60.7 Å². The molecule has 0 saturated carbocycles. The predicted octanol–water partition coefficient (Wildman–Crippen LogP) is 3.67. The molecule has 37 heavy (non-hydrogen) atoms. The van der Waals surface area contributed by atoms with Gasteiger partial charge < -0.3 is 20.1 Å². The minimum Gasteiger partial charge on any atom is -0.466 e. The standard InChI is InChI=1S/C30H36N2O5/c1-5-37-30(36)24-18(2)14-15-23-25(24)29(35)32(22(17-33)16-21-12-7-6-8-13-21)27(23)28(34)31-26-19(3)10-9-11-20(26)4/h6-15,18,22-25,27,33H,5,16-17H2,1-4H3,(H,31,34)/t18-,22-,23+,24-,25+,27+/m1/s1. The third-order valence-electron chi connectivity index (χ3n) is 7.68. The second-order valence-electron chi connectivity index (χ2n) is 10.1. The number of aliphatic hydroxyl groups is 1. The van der Waals surface area contributed by atoms with E-state index in [1.54, 1.807) is 6.92 Å². The first-order chi connectivity index (χ1) is 17.8. The van der Waals surface area contributed by atoms with Crippen molar-refractivity contribution in [2.24, 2.45) is 23.7 Å². The number of hydrogen-bond donors (Lipinski definition) is 2. The maximum atomic E-state index is 14.1. The van der Waals surface area contributed by atoms with Gasteiger partial charge in [0.1, 0.15) is 6.04 Å². The van der Waals surface area contributed by atoms with Crippen LogP contribution in [0.5, 0.6) is 0 Å². The number of nitrogens with one attached hydrogen (secondary N) is 1. The molecular weight excluding hydrogens is 468 g/mol. The van der Waals surface area contributed by atoms with Crippen molar-refractivity contribution in [2.75, 3.05) is 18.5 Å². The molecule has 1 aliphatic carbocycles. The topological polar surface area (TPSA) is 95.9 Å². The molecule has 2 aromatic rings. The lowest BCUT2D eigenvalue weighted by Crippen LogP contribution is -2.51. The maximum absolute atomic E-state index is 14.1. The Morgan fingerprint density at radius 2 is 1.73 bits per heavy atom. The fourth-order valence-electron chi connectivity index (χ4n) is 5.88. The number of allylic oxidation sites excluding steroid dienone is 1. The molecule has 0 bridgehead atoms. The van der Waals surface area contributed by atoms with E-state index in [0.29, 0.717) is 12.1 Å². The molecule has 0 aromatic heterocycles. The van der Waals surface area contributed by atoms with E-state index in [1.165, 1.54) is 4.90 Å². The van der Waals surface area contributed by atoms with Crippen molar-refractivity contribution < 1.29 is 24.2 Å². The lowest BCUT2D eigenvalue weighted by molar-refractivity contribution is -0.155. The minimum absolute atomic E-state index is 0.213. The van der Waals surface area contributed by atoms with Crippen LogP contribution in [0, 0.1) is 37.5 Å². The Hall–Kier alpha value is -3.45. The Balaban J connectivity index is 1.76. The van der Waals surface area contributed by atoms with E-state index in [9.17, 15) is 19.5 Å². The lowest BCUT2D eigenvalue weighted by atomic mass is 9.70. The first kappa shape index (κ1) is 26.6. The lowest BCUT2D eigenvalue weighted by Gasteiger charge is -2.33. The average molecular weight is 505 g/mol. The van der Waals surface area contributed by atoms with E-state index in [2.05, 4.69) is 5.32 Å². The van der Waals surface area contributed by atoms with Gasteiger partial charge >= 0.3 is 5.97 Å². The number of nitrogens with zero attached hydrogens (tertiary/aromatic N) is 1. The van der Waals surface area contributed by atoms with Gasteiger partial charge in [0, 0.05) is 11.6 Å². The molecule has 7 nitrogen and oxygen atoms in total. The molecule has 7 heteroatoms. The molecule has 2 aliphatic rings. The van der Waals surface area contributed by atoms with Crippen molar-refractivity contribution in [3.05, 3.63) is 77.4 Å². The highest BCUT2D eigenvalue weighted by Gasteiger charge is 2.58. The number of fused-ring (bicyclic) bond motifs is 1. The molecule has 196 valence electrons. The SMILES string of the molecule is CCOC(=O)[C@H]1[C@H]2C(=O)N([C@@H](CO)Cc3ccccc3)[C@H](C(=O)Nc3c(C)cccc3C)[C@H]2C=C[C@H]1C. The van der Waals surface area contributed by atoms with E-state index < -0.39 is 35.8 Å². The number of carbonyl (C=O) groups excluding carboxylic acids is 3. The van der Waals surface area contributed by atoms with Crippen molar-refractivity contribution in [1.82, 2.24) is 4.90 Å². The van der Waals surface area contributed by atoms with Gasteiger partial charge in [0.05, 0.1) is 31.1 Å². The second-order valence-corrected chi connectivity index (χ2v) is 10.1. The van der Waals surface area contributed by atoms with E-state index in [4.69, 9.17) is 4.74 Å². The first-order valence-electron chi connectivity index (χ1n) is 13.0. The zero-order chi connectivity index (χ0) is 26.7. The van der Waals surface area contributed by atoms with Crippen molar-refractivity contribution in [2.45, 2.75) is 46.2 Å². The number of rotatable bonds is 8. The van der Waals surface area contributed by atoms with Crippen LogP contribution in [0.1, 0.15) is 30.5 Å². The largest absolute Gasteiger partial charge is 0.466 e. The van der Waals surface area contributed by atoms with Gasteiger partial charge in [0.15, 0.2) is 0 Å². The molecule has 2 aromatic carbocycles. The molecular formula is C30H36N2O5. The number of likely N-dealkylation sites (tertiary alicyclic amines) is 1. The summed E-state index contributed by atoms with van der Waals surface area (Å²) in [5, 5.41) is 13.5. The number of ether oxygens (including phenoxy) is 1. The highest BCUT2D eigenvalue weighted by Crippen LogP contribution is 2.45. The van der Waals surface area contributed by atoms with Gasteiger partial charge in [-0.1, -0.05) is 67.6 Å². The third kappa shape index (κ3) is 5.18. The fraction of sp³-hybridized carbons (Fsp3) is 0.433. The summed E-state index contributed by atoms with van der Waals surface area (Å²) in [6.07, 6.45) is 4.19. The maximum Gasteiger partial charge on any atom is 0.310 e. The van der Waals surface area contributed by atoms with Gasteiger partial charge in [0.25, 0.3) is 0 Å². The zero-order valence-electron chi connectivity index (χ0n) is 21.9. The predicted molar refractivity (Wildman–Crippen MR) is 142 cm³/mol. The molecule has 2 N–H and O–H groups in total. The molecule has 1 saturated heterocycles. The van der Waals surface area contributed by atoms with Crippen LogP contribution < -0.4 is 5.32 Å². The van der Waals surface area contributed by atoms with Crippen LogP contribution in [0.25, 0.3) is 0 Å². The molecule has 0 unspecified atom stereocenters. The van der Waals surface area contributed by atoms with E-state index in [0.717, 1.165) is 16.7 Å². The summed E-state index contributed by atoms with van der Waals surface area (Å²) in [7, 11) is 0.